The van der Waals surface area contributed by atoms with Crippen molar-refractivity contribution in [2.75, 3.05) is 18.6 Å². The summed E-state index contributed by atoms with van der Waals surface area (Å²) in [6.45, 7) is 7.83. The van der Waals surface area contributed by atoms with Crippen LogP contribution >= 0.6 is 0 Å². The van der Waals surface area contributed by atoms with Crippen LogP contribution in [0.4, 0.5) is 0 Å². The van der Waals surface area contributed by atoms with E-state index in [1.165, 1.54) is 0 Å². The summed E-state index contributed by atoms with van der Waals surface area (Å²) in [5.74, 6) is 0.261. The first kappa shape index (κ1) is 16.1. The van der Waals surface area contributed by atoms with Gasteiger partial charge < -0.3 is 10.2 Å². The molecule has 0 aromatic heterocycles. The monoisotopic (exact) mass is 288 g/mol. The zero-order valence-corrected chi connectivity index (χ0v) is 13.2. The van der Waals surface area contributed by atoms with Gasteiger partial charge in [-0.1, -0.05) is 20.8 Å². The Hall–Kier alpha value is -0.910. The molecule has 0 radical (unpaired) electrons. The topological polar surface area (TPSA) is 66.5 Å². The Labute approximate surface area is 117 Å². The summed E-state index contributed by atoms with van der Waals surface area (Å²) in [6, 6.07) is -0.462. The summed E-state index contributed by atoms with van der Waals surface area (Å²) in [5, 5.41) is 2.84. The van der Waals surface area contributed by atoms with Crippen molar-refractivity contribution in [3.63, 3.8) is 0 Å². The second-order valence-electron chi connectivity index (χ2n) is 5.64. The van der Waals surface area contributed by atoms with E-state index in [9.17, 15) is 13.8 Å². The van der Waals surface area contributed by atoms with Crippen LogP contribution in [-0.2, 0) is 20.4 Å². The van der Waals surface area contributed by atoms with Gasteiger partial charge in [-0.05, 0) is 19.3 Å². The number of amides is 2. The number of nitrogens with zero attached hydrogens (tertiary/aromatic N) is 1. The lowest BCUT2D eigenvalue weighted by Crippen LogP contribution is -2.70. The van der Waals surface area contributed by atoms with Crippen molar-refractivity contribution in [3.8, 4) is 0 Å². The molecule has 6 heteroatoms. The van der Waals surface area contributed by atoms with Crippen LogP contribution in [0, 0.1) is 5.92 Å². The Morgan fingerprint density at radius 3 is 2.42 bits per heavy atom. The van der Waals surface area contributed by atoms with Gasteiger partial charge in [0.15, 0.2) is 0 Å². The third-order valence-corrected chi connectivity index (χ3v) is 4.45. The SMILES string of the molecule is CCC1(C)NC(=O)C(C(C)C)N(CCS(C)=O)C1=O. The molecule has 1 rings (SSSR count). The largest absolute Gasteiger partial charge is 0.340 e. The molecule has 0 aromatic carbocycles. The highest BCUT2D eigenvalue weighted by Crippen LogP contribution is 2.24. The summed E-state index contributed by atoms with van der Waals surface area (Å²) >= 11 is 0. The highest BCUT2D eigenvalue weighted by molar-refractivity contribution is 7.84. The highest BCUT2D eigenvalue weighted by atomic mass is 32.2. The number of carbonyl (C=O) groups is 2. The zero-order valence-electron chi connectivity index (χ0n) is 12.4. The Balaban J connectivity index is 3.03. The molecule has 0 aliphatic carbocycles. The van der Waals surface area contributed by atoms with Crippen molar-refractivity contribution >= 4 is 22.6 Å². The van der Waals surface area contributed by atoms with Gasteiger partial charge in [0.2, 0.25) is 11.8 Å². The summed E-state index contributed by atoms with van der Waals surface area (Å²) in [7, 11) is -0.974. The molecule has 1 fully saturated rings. The van der Waals surface area contributed by atoms with Crippen LogP contribution in [0.25, 0.3) is 0 Å². The second kappa shape index (κ2) is 6.03. The van der Waals surface area contributed by atoms with E-state index in [4.69, 9.17) is 0 Å². The number of hydrogen-bond donors (Lipinski definition) is 1. The minimum absolute atomic E-state index is 0.0376. The maximum atomic E-state index is 12.6. The molecule has 110 valence electrons. The van der Waals surface area contributed by atoms with Crippen molar-refractivity contribution in [1.29, 1.82) is 0 Å². The van der Waals surface area contributed by atoms with Gasteiger partial charge in [0.25, 0.3) is 0 Å². The molecule has 2 amide bonds. The minimum Gasteiger partial charge on any atom is -0.340 e. The lowest BCUT2D eigenvalue weighted by atomic mass is 9.88. The van der Waals surface area contributed by atoms with Gasteiger partial charge >= 0.3 is 0 Å². The van der Waals surface area contributed by atoms with E-state index in [0.29, 0.717) is 18.7 Å². The maximum Gasteiger partial charge on any atom is 0.248 e. The van der Waals surface area contributed by atoms with Crippen LogP contribution in [-0.4, -0.2) is 51.1 Å². The molecule has 19 heavy (non-hydrogen) atoms. The molecule has 1 aliphatic rings. The van der Waals surface area contributed by atoms with Crippen LogP contribution in [0.3, 0.4) is 0 Å². The fraction of sp³-hybridized carbons (Fsp3) is 0.846. The lowest BCUT2D eigenvalue weighted by molar-refractivity contribution is -0.155. The first-order chi connectivity index (χ1) is 8.73. The summed E-state index contributed by atoms with van der Waals surface area (Å²) < 4.78 is 11.3. The number of hydrogen-bond acceptors (Lipinski definition) is 3. The van der Waals surface area contributed by atoms with E-state index in [-0.39, 0.29) is 17.7 Å². The third-order valence-electron chi connectivity index (χ3n) is 3.69. The zero-order chi connectivity index (χ0) is 14.8. The van der Waals surface area contributed by atoms with E-state index < -0.39 is 22.4 Å². The average Bonchev–Trinajstić information content (AvgIpc) is 2.30. The highest BCUT2D eigenvalue weighted by Gasteiger charge is 2.47. The maximum absolute atomic E-state index is 12.6. The fourth-order valence-electron chi connectivity index (χ4n) is 2.35. The molecule has 1 heterocycles. The lowest BCUT2D eigenvalue weighted by Gasteiger charge is -2.45. The summed E-state index contributed by atoms with van der Waals surface area (Å²) in [5.41, 5.74) is -0.836. The van der Waals surface area contributed by atoms with Gasteiger partial charge in [0, 0.05) is 29.4 Å². The number of carbonyl (C=O) groups excluding carboxylic acids is 2. The Morgan fingerprint density at radius 2 is 2.00 bits per heavy atom. The molecule has 3 unspecified atom stereocenters. The third kappa shape index (κ3) is 3.35. The fourth-order valence-corrected chi connectivity index (χ4v) is 2.81. The molecule has 1 saturated heterocycles. The molecule has 3 atom stereocenters. The van der Waals surface area contributed by atoms with E-state index in [1.807, 2.05) is 20.8 Å². The van der Waals surface area contributed by atoms with Crippen LogP contribution in [0.1, 0.15) is 34.1 Å². The second-order valence-corrected chi connectivity index (χ2v) is 7.19. The van der Waals surface area contributed by atoms with Gasteiger partial charge in [-0.15, -0.1) is 0 Å². The van der Waals surface area contributed by atoms with E-state index >= 15 is 0 Å². The van der Waals surface area contributed by atoms with E-state index in [0.717, 1.165) is 0 Å². The van der Waals surface area contributed by atoms with Gasteiger partial charge in [0.05, 0.1) is 0 Å². The minimum atomic E-state index is -0.974. The molecular formula is C13H24N2O3S. The molecule has 1 aliphatic heterocycles. The quantitative estimate of drug-likeness (QED) is 0.802. The molecule has 5 nitrogen and oxygen atoms in total. The van der Waals surface area contributed by atoms with Crippen LogP contribution in [0.2, 0.25) is 0 Å². The van der Waals surface area contributed by atoms with E-state index in [2.05, 4.69) is 5.32 Å². The number of rotatable bonds is 5. The summed E-state index contributed by atoms with van der Waals surface area (Å²) in [4.78, 5) is 26.4. The van der Waals surface area contributed by atoms with Crippen LogP contribution in [0.5, 0.6) is 0 Å². The molecular weight excluding hydrogens is 264 g/mol. The first-order valence-corrected chi connectivity index (χ1v) is 8.38. The Morgan fingerprint density at radius 1 is 1.42 bits per heavy atom. The van der Waals surface area contributed by atoms with Gasteiger partial charge in [0.1, 0.15) is 11.6 Å². The number of piperazine rings is 1. The Bertz CT molecular complexity index is 397. The van der Waals surface area contributed by atoms with Crippen molar-refractivity contribution < 1.29 is 13.8 Å². The van der Waals surface area contributed by atoms with Gasteiger partial charge in [-0.3, -0.25) is 13.8 Å². The molecule has 1 N–H and O–H groups in total. The Kier molecular flexibility index (Phi) is 5.12. The van der Waals surface area contributed by atoms with Gasteiger partial charge in [-0.2, -0.15) is 0 Å². The molecule has 0 spiro atoms. The summed E-state index contributed by atoms with van der Waals surface area (Å²) in [6.07, 6.45) is 2.16. The molecule has 0 saturated carbocycles. The van der Waals surface area contributed by atoms with Crippen molar-refractivity contribution in [3.05, 3.63) is 0 Å². The smallest absolute Gasteiger partial charge is 0.248 e. The number of nitrogens with one attached hydrogen (secondary N) is 1. The molecule has 0 bridgehead atoms. The van der Waals surface area contributed by atoms with Crippen LogP contribution in [0.15, 0.2) is 0 Å². The van der Waals surface area contributed by atoms with Crippen LogP contribution < -0.4 is 5.32 Å². The average molecular weight is 288 g/mol. The normalized spacial score (nSPS) is 29.6. The predicted molar refractivity (Wildman–Crippen MR) is 76.1 cm³/mol. The van der Waals surface area contributed by atoms with Gasteiger partial charge in [-0.25, -0.2) is 0 Å². The van der Waals surface area contributed by atoms with Crippen molar-refractivity contribution in [2.45, 2.75) is 45.7 Å². The standard InChI is InChI=1S/C13H24N2O3S/c1-6-13(4)12(17)15(7-8-19(5)18)10(9(2)3)11(16)14-13/h9-10H,6-8H2,1-5H3,(H,14,16). The first-order valence-electron chi connectivity index (χ1n) is 6.66. The van der Waals surface area contributed by atoms with Crippen molar-refractivity contribution in [1.82, 2.24) is 10.2 Å². The van der Waals surface area contributed by atoms with E-state index in [1.54, 1.807) is 18.1 Å². The predicted octanol–water partition coefficient (Wildman–Crippen LogP) is 0.517. The van der Waals surface area contributed by atoms with Crippen molar-refractivity contribution in [2.24, 2.45) is 5.92 Å². The molecule has 0 aromatic rings.